The number of carbonyl (C=O) groups is 1. The highest BCUT2D eigenvalue weighted by atomic mass is 79.9. The van der Waals surface area contributed by atoms with Crippen LogP contribution in [0, 0.1) is 5.82 Å². The van der Waals surface area contributed by atoms with Crippen molar-refractivity contribution in [3.8, 4) is 11.5 Å². The number of hydrogen-bond donors (Lipinski definition) is 3. The molecule has 1 unspecified atom stereocenters. The van der Waals surface area contributed by atoms with Crippen LogP contribution >= 0.6 is 15.9 Å². The summed E-state index contributed by atoms with van der Waals surface area (Å²) in [6.07, 6.45) is -0.469. The Hall–Kier alpha value is -1.34. The molecule has 0 aliphatic heterocycles. The van der Waals surface area contributed by atoms with Crippen LogP contribution in [0.5, 0.6) is 11.5 Å². The summed E-state index contributed by atoms with van der Waals surface area (Å²) >= 11 is 2.90. The van der Waals surface area contributed by atoms with Crippen molar-refractivity contribution in [3.05, 3.63) is 21.9 Å². The molecule has 94 valence electrons. The number of benzene rings is 1. The van der Waals surface area contributed by atoms with Gasteiger partial charge in [-0.15, -0.1) is 0 Å². The van der Waals surface area contributed by atoms with Crippen molar-refractivity contribution in [2.24, 2.45) is 5.73 Å². The van der Waals surface area contributed by atoms with Crippen LogP contribution in [0.25, 0.3) is 0 Å². The maximum absolute atomic E-state index is 13.8. The van der Waals surface area contributed by atoms with Crippen molar-refractivity contribution < 1.29 is 24.1 Å². The van der Waals surface area contributed by atoms with Gasteiger partial charge in [-0.3, -0.25) is 4.79 Å². The van der Waals surface area contributed by atoms with E-state index in [2.05, 4.69) is 15.9 Å². The molecule has 1 rings (SSSR count). The van der Waals surface area contributed by atoms with Gasteiger partial charge in [0.1, 0.15) is 5.82 Å². The molecule has 0 heterocycles. The van der Waals surface area contributed by atoms with Crippen LogP contribution < -0.4 is 10.5 Å². The van der Waals surface area contributed by atoms with Gasteiger partial charge in [0.25, 0.3) is 0 Å². The van der Waals surface area contributed by atoms with Crippen LogP contribution in [0.3, 0.4) is 0 Å². The molecule has 17 heavy (non-hydrogen) atoms. The summed E-state index contributed by atoms with van der Waals surface area (Å²) in [5.74, 6) is -2.37. The Labute approximate surface area is 105 Å². The minimum absolute atomic E-state index is 0.00774. The van der Waals surface area contributed by atoms with Crippen LogP contribution in [0.1, 0.15) is 18.0 Å². The first-order valence-corrected chi connectivity index (χ1v) is 5.40. The third-order valence-electron chi connectivity index (χ3n) is 2.16. The van der Waals surface area contributed by atoms with Gasteiger partial charge in [0.2, 0.25) is 0 Å². The van der Waals surface area contributed by atoms with Crippen LogP contribution in [0.15, 0.2) is 10.5 Å². The number of phenolic OH excluding ortho intramolecular Hbond substituents is 1. The van der Waals surface area contributed by atoms with Crippen LogP contribution in [0.2, 0.25) is 0 Å². The van der Waals surface area contributed by atoms with Gasteiger partial charge >= 0.3 is 5.97 Å². The average molecular weight is 308 g/mol. The summed E-state index contributed by atoms with van der Waals surface area (Å²) in [6.45, 7) is 0. The van der Waals surface area contributed by atoms with Crippen molar-refractivity contribution in [1.82, 2.24) is 0 Å². The number of phenols is 1. The number of aliphatic carboxylic acids is 1. The first kappa shape index (κ1) is 13.7. The van der Waals surface area contributed by atoms with Gasteiger partial charge in [-0.25, -0.2) is 4.39 Å². The third-order valence-corrected chi connectivity index (χ3v) is 2.73. The first-order chi connectivity index (χ1) is 7.88. The third kappa shape index (κ3) is 2.86. The summed E-state index contributed by atoms with van der Waals surface area (Å²) < 4.78 is 18.6. The summed E-state index contributed by atoms with van der Waals surface area (Å²) in [7, 11) is 1.24. The molecule has 0 aromatic heterocycles. The molecular weight excluding hydrogens is 297 g/mol. The molecule has 0 amide bonds. The zero-order valence-corrected chi connectivity index (χ0v) is 10.5. The van der Waals surface area contributed by atoms with Gasteiger partial charge in [0.15, 0.2) is 11.5 Å². The van der Waals surface area contributed by atoms with Crippen molar-refractivity contribution in [3.63, 3.8) is 0 Å². The van der Waals surface area contributed by atoms with E-state index < -0.39 is 24.2 Å². The van der Waals surface area contributed by atoms with Crippen LogP contribution in [0.4, 0.5) is 4.39 Å². The zero-order chi connectivity index (χ0) is 13.2. The summed E-state index contributed by atoms with van der Waals surface area (Å²) in [6, 6.07) is 0.0105. The molecule has 0 saturated carbocycles. The second-order valence-electron chi connectivity index (χ2n) is 3.34. The van der Waals surface area contributed by atoms with Crippen molar-refractivity contribution >= 4 is 21.9 Å². The predicted molar refractivity (Wildman–Crippen MR) is 61.5 cm³/mol. The highest BCUT2D eigenvalue weighted by molar-refractivity contribution is 9.10. The number of hydrogen-bond acceptors (Lipinski definition) is 4. The van der Waals surface area contributed by atoms with E-state index in [4.69, 9.17) is 15.6 Å². The Kier molecular flexibility index (Phi) is 4.30. The lowest BCUT2D eigenvalue weighted by Gasteiger charge is -2.17. The fraction of sp³-hybridized carbons (Fsp3) is 0.300. The van der Waals surface area contributed by atoms with Crippen molar-refractivity contribution in [2.75, 3.05) is 7.11 Å². The minimum Gasteiger partial charge on any atom is -0.504 e. The van der Waals surface area contributed by atoms with Gasteiger partial charge in [0.05, 0.1) is 23.6 Å². The maximum atomic E-state index is 13.8. The lowest BCUT2D eigenvalue weighted by atomic mass is 10.0. The first-order valence-electron chi connectivity index (χ1n) is 4.60. The largest absolute Gasteiger partial charge is 0.504 e. The van der Waals surface area contributed by atoms with E-state index in [-0.39, 0.29) is 21.5 Å². The molecule has 0 radical (unpaired) electrons. The van der Waals surface area contributed by atoms with E-state index >= 15 is 0 Å². The van der Waals surface area contributed by atoms with Gasteiger partial charge in [0, 0.05) is 12.1 Å². The number of rotatable bonds is 4. The fourth-order valence-corrected chi connectivity index (χ4v) is 1.88. The van der Waals surface area contributed by atoms with E-state index in [1.54, 1.807) is 0 Å². The Morgan fingerprint density at radius 3 is 2.76 bits per heavy atom. The Bertz CT molecular complexity index is 452. The smallest absolute Gasteiger partial charge is 0.305 e. The summed E-state index contributed by atoms with van der Waals surface area (Å²) in [5, 5.41) is 18.2. The molecular formula is C10H11BrFNO4. The van der Waals surface area contributed by atoms with Crippen molar-refractivity contribution in [2.45, 2.75) is 12.5 Å². The van der Waals surface area contributed by atoms with Gasteiger partial charge in [-0.05, 0) is 15.9 Å². The molecule has 0 aliphatic rings. The topological polar surface area (TPSA) is 92.8 Å². The van der Waals surface area contributed by atoms with Gasteiger partial charge in [-0.2, -0.15) is 0 Å². The average Bonchev–Trinajstić information content (AvgIpc) is 2.21. The molecule has 0 bridgehead atoms. The highest BCUT2D eigenvalue weighted by Gasteiger charge is 2.24. The summed E-state index contributed by atoms with van der Waals surface area (Å²) in [4.78, 5) is 10.5. The molecule has 5 nitrogen and oxygen atoms in total. The van der Waals surface area contributed by atoms with E-state index in [0.29, 0.717) is 0 Å². The standard InChI is InChI=1S/C10H11BrFNO4/c1-17-10-6(14)2-4(11)9(12)8(10)5(13)3-7(15)16/h2,5,14H,3,13H2,1H3,(H,15,16). The zero-order valence-electron chi connectivity index (χ0n) is 8.91. The summed E-state index contributed by atoms with van der Waals surface area (Å²) in [5.41, 5.74) is 5.41. The molecule has 7 heteroatoms. The second-order valence-corrected chi connectivity index (χ2v) is 4.20. The monoisotopic (exact) mass is 307 g/mol. The number of halogens is 2. The number of aromatic hydroxyl groups is 1. The highest BCUT2D eigenvalue weighted by Crippen LogP contribution is 2.39. The minimum atomic E-state index is -1.17. The molecule has 0 spiro atoms. The predicted octanol–water partition coefficient (Wildman–Crippen LogP) is 1.78. The van der Waals surface area contributed by atoms with E-state index in [9.17, 15) is 14.3 Å². The number of carboxylic acids is 1. The Morgan fingerprint density at radius 2 is 2.29 bits per heavy atom. The fourth-order valence-electron chi connectivity index (χ4n) is 1.45. The van der Waals surface area contributed by atoms with Gasteiger partial charge < -0.3 is 20.7 Å². The Balaban J connectivity index is 3.33. The quantitative estimate of drug-likeness (QED) is 0.788. The van der Waals surface area contributed by atoms with Gasteiger partial charge in [-0.1, -0.05) is 0 Å². The molecule has 4 N–H and O–H groups in total. The molecule has 1 atom stereocenters. The number of nitrogens with two attached hydrogens (primary N) is 1. The number of carboxylic acid groups (broad SMARTS) is 1. The lowest BCUT2D eigenvalue weighted by molar-refractivity contribution is -0.137. The number of ether oxygens (including phenoxy) is 1. The van der Waals surface area contributed by atoms with E-state index in [0.717, 1.165) is 6.07 Å². The number of methoxy groups -OCH3 is 1. The lowest BCUT2D eigenvalue weighted by Crippen LogP contribution is -2.17. The molecule has 0 fully saturated rings. The SMILES string of the molecule is COc1c(O)cc(Br)c(F)c1C(N)CC(=O)O. The molecule has 0 aliphatic carbocycles. The van der Waals surface area contributed by atoms with E-state index in [1.165, 1.54) is 7.11 Å². The van der Waals surface area contributed by atoms with Crippen LogP contribution in [-0.2, 0) is 4.79 Å². The normalized spacial score (nSPS) is 12.2. The molecule has 0 saturated heterocycles. The Morgan fingerprint density at radius 1 is 1.71 bits per heavy atom. The van der Waals surface area contributed by atoms with Crippen LogP contribution in [-0.4, -0.2) is 23.3 Å². The van der Waals surface area contributed by atoms with Crippen molar-refractivity contribution in [1.29, 1.82) is 0 Å². The maximum Gasteiger partial charge on any atom is 0.305 e. The molecule has 1 aromatic carbocycles. The van der Waals surface area contributed by atoms with E-state index in [1.807, 2.05) is 0 Å². The second kappa shape index (κ2) is 5.33. The molecule has 1 aromatic rings.